The lowest BCUT2D eigenvalue weighted by molar-refractivity contribution is 0.669. The van der Waals surface area contributed by atoms with Crippen molar-refractivity contribution in [1.82, 2.24) is 0 Å². The molecule has 0 saturated heterocycles. The minimum absolute atomic E-state index is 0.899. The van der Waals surface area contributed by atoms with E-state index >= 15 is 0 Å². The summed E-state index contributed by atoms with van der Waals surface area (Å²) >= 11 is 0. The van der Waals surface area contributed by atoms with Crippen LogP contribution in [0.4, 0.5) is 17.1 Å². The van der Waals surface area contributed by atoms with E-state index in [0.29, 0.717) is 0 Å². The van der Waals surface area contributed by atoms with E-state index in [4.69, 9.17) is 4.42 Å². The second-order valence-corrected chi connectivity index (χ2v) is 12.9. The van der Waals surface area contributed by atoms with Crippen molar-refractivity contribution in [3.05, 3.63) is 188 Å². The molecule has 10 rings (SSSR count). The second kappa shape index (κ2) is 11.5. The quantitative estimate of drug-likeness (QED) is 0.175. The van der Waals surface area contributed by atoms with E-state index in [1.54, 1.807) is 0 Å². The summed E-state index contributed by atoms with van der Waals surface area (Å²) in [6, 6.07) is 67.6. The Balaban J connectivity index is 1.19. The van der Waals surface area contributed by atoms with E-state index in [-0.39, 0.29) is 0 Å². The van der Waals surface area contributed by atoms with Gasteiger partial charge in [0.15, 0.2) is 0 Å². The molecule has 0 N–H and O–H groups in total. The first-order chi connectivity index (χ1) is 24.8. The molecular weight excluding hydrogens is 607 g/mol. The molecule has 0 fully saturated rings. The van der Waals surface area contributed by atoms with Crippen molar-refractivity contribution >= 4 is 71.3 Å². The van der Waals surface area contributed by atoms with E-state index in [1.165, 1.54) is 43.4 Å². The van der Waals surface area contributed by atoms with E-state index in [1.807, 2.05) is 12.1 Å². The lowest BCUT2D eigenvalue weighted by Gasteiger charge is -2.28. The van der Waals surface area contributed by atoms with Crippen LogP contribution in [0, 0.1) is 0 Å². The van der Waals surface area contributed by atoms with E-state index in [9.17, 15) is 0 Å². The first-order valence-corrected chi connectivity index (χ1v) is 17.1. The highest BCUT2D eigenvalue weighted by atomic mass is 16.3. The zero-order valence-corrected chi connectivity index (χ0v) is 27.3. The molecule has 0 amide bonds. The zero-order valence-electron chi connectivity index (χ0n) is 27.3. The van der Waals surface area contributed by atoms with E-state index in [0.717, 1.165) is 50.1 Å². The van der Waals surface area contributed by atoms with Gasteiger partial charge in [0.2, 0.25) is 0 Å². The number of para-hydroxylation sites is 1. The Morgan fingerprint density at radius 1 is 0.340 bits per heavy atom. The monoisotopic (exact) mass is 637 g/mol. The molecule has 0 saturated carbocycles. The van der Waals surface area contributed by atoms with Gasteiger partial charge in [-0.25, -0.2) is 0 Å². The number of hydrogen-bond donors (Lipinski definition) is 0. The molecule has 234 valence electrons. The Morgan fingerprint density at radius 2 is 0.960 bits per heavy atom. The predicted molar refractivity (Wildman–Crippen MR) is 212 cm³/mol. The number of benzene rings is 9. The summed E-state index contributed by atoms with van der Waals surface area (Å²) in [4.78, 5) is 2.40. The Kier molecular flexibility index (Phi) is 6.53. The molecule has 10 aromatic rings. The van der Waals surface area contributed by atoms with Gasteiger partial charge in [-0.3, -0.25) is 0 Å². The molecular formula is C48H31NO. The summed E-state index contributed by atoms with van der Waals surface area (Å²) < 4.78 is 6.28. The van der Waals surface area contributed by atoms with Crippen LogP contribution < -0.4 is 4.90 Å². The summed E-state index contributed by atoms with van der Waals surface area (Å²) in [5, 5.41) is 9.78. The van der Waals surface area contributed by atoms with Crippen LogP contribution in [-0.2, 0) is 0 Å². The summed E-state index contributed by atoms with van der Waals surface area (Å²) in [5.74, 6) is 0. The fraction of sp³-hybridized carbons (Fsp3) is 0. The number of hydrogen-bond acceptors (Lipinski definition) is 2. The van der Waals surface area contributed by atoms with Crippen LogP contribution in [-0.4, -0.2) is 0 Å². The van der Waals surface area contributed by atoms with Crippen molar-refractivity contribution in [2.24, 2.45) is 0 Å². The highest BCUT2D eigenvalue weighted by molar-refractivity contribution is 6.20. The van der Waals surface area contributed by atoms with Gasteiger partial charge in [-0.15, -0.1) is 0 Å². The third-order valence-corrected chi connectivity index (χ3v) is 10.1. The van der Waals surface area contributed by atoms with Crippen LogP contribution in [0.15, 0.2) is 192 Å². The van der Waals surface area contributed by atoms with Gasteiger partial charge < -0.3 is 9.32 Å². The fourth-order valence-corrected chi connectivity index (χ4v) is 7.72. The van der Waals surface area contributed by atoms with E-state index < -0.39 is 0 Å². The standard InChI is InChI=1S/C48H31NO/c1-2-11-32(12-3-1)33-23-26-36(27-24-33)49(45-20-9-19-40-42-28-25-34-13-4-5-16-38(34)41(42)29-30-43(40)45)37-15-8-14-35(31-37)39-18-10-22-47-48(39)44-17-6-7-21-46(44)50-47/h1-31H. The fourth-order valence-electron chi connectivity index (χ4n) is 7.72. The molecule has 50 heavy (non-hydrogen) atoms. The average molecular weight is 638 g/mol. The third-order valence-electron chi connectivity index (χ3n) is 10.1. The maximum atomic E-state index is 6.28. The zero-order chi connectivity index (χ0) is 33.0. The van der Waals surface area contributed by atoms with Crippen LogP contribution in [0.1, 0.15) is 0 Å². The van der Waals surface area contributed by atoms with Gasteiger partial charge in [0.05, 0.1) is 5.69 Å². The lowest BCUT2D eigenvalue weighted by atomic mass is 9.95. The van der Waals surface area contributed by atoms with E-state index in [2.05, 4.69) is 181 Å². The van der Waals surface area contributed by atoms with Gasteiger partial charge >= 0.3 is 0 Å². The van der Waals surface area contributed by atoms with Crippen molar-refractivity contribution in [1.29, 1.82) is 0 Å². The number of nitrogens with zero attached hydrogens (tertiary/aromatic N) is 1. The number of anilines is 3. The molecule has 0 aliphatic heterocycles. The van der Waals surface area contributed by atoms with Crippen LogP contribution in [0.2, 0.25) is 0 Å². The molecule has 2 nitrogen and oxygen atoms in total. The van der Waals surface area contributed by atoms with Gasteiger partial charge in [-0.05, 0) is 91.6 Å². The molecule has 0 unspecified atom stereocenters. The Bertz CT molecular complexity index is 2870. The third kappa shape index (κ3) is 4.57. The minimum Gasteiger partial charge on any atom is -0.456 e. The van der Waals surface area contributed by atoms with Crippen LogP contribution in [0.3, 0.4) is 0 Å². The van der Waals surface area contributed by atoms with Crippen LogP contribution in [0.25, 0.3) is 76.5 Å². The van der Waals surface area contributed by atoms with Crippen molar-refractivity contribution in [2.75, 3.05) is 4.90 Å². The van der Waals surface area contributed by atoms with Gasteiger partial charge in [-0.1, -0.05) is 146 Å². The number of furan rings is 1. The van der Waals surface area contributed by atoms with Gasteiger partial charge in [-0.2, -0.15) is 0 Å². The Labute approximate surface area is 290 Å². The normalized spacial score (nSPS) is 11.6. The highest BCUT2D eigenvalue weighted by Gasteiger charge is 2.19. The summed E-state index contributed by atoms with van der Waals surface area (Å²) in [6.45, 7) is 0. The van der Waals surface area contributed by atoms with Crippen LogP contribution in [0.5, 0.6) is 0 Å². The molecule has 0 aliphatic rings. The maximum Gasteiger partial charge on any atom is 0.136 e. The topological polar surface area (TPSA) is 16.4 Å². The number of rotatable bonds is 5. The minimum atomic E-state index is 0.899. The summed E-state index contributed by atoms with van der Waals surface area (Å²) in [7, 11) is 0. The molecule has 0 radical (unpaired) electrons. The first kappa shape index (κ1) is 28.4. The van der Waals surface area contributed by atoms with Crippen LogP contribution >= 0.6 is 0 Å². The molecule has 0 spiro atoms. The SMILES string of the molecule is c1ccc(-c2ccc(N(c3cccc(-c4cccc5oc6ccccc6c45)c3)c3cccc4c3ccc3c5ccccc5ccc43)cc2)cc1. The smallest absolute Gasteiger partial charge is 0.136 e. The van der Waals surface area contributed by atoms with Crippen molar-refractivity contribution in [3.8, 4) is 22.3 Å². The van der Waals surface area contributed by atoms with Gasteiger partial charge in [0.1, 0.15) is 11.2 Å². The molecule has 0 bridgehead atoms. The number of fused-ring (bicyclic) bond motifs is 8. The maximum absolute atomic E-state index is 6.28. The lowest BCUT2D eigenvalue weighted by Crippen LogP contribution is -2.10. The molecule has 2 heteroatoms. The van der Waals surface area contributed by atoms with Crippen molar-refractivity contribution in [2.45, 2.75) is 0 Å². The molecule has 1 aromatic heterocycles. The van der Waals surface area contributed by atoms with Crippen molar-refractivity contribution < 1.29 is 4.42 Å². The molecule has 0 aliphatic carbocycles. The van der Waals surface area contributed by atoms with Crippen molar-refractivity contribution in [3.63, 3.8) is 0 Å². The Hall–Kier alpha value is -6.64. The largest absolute Gasteiger partial charge is 0.456 e. The van der Waals surface area contributed by atoms with Gasteiger partial charge in [0.25, 0.3) is 0 Å². The average Bonchev–Trinajstić information content (AvgIpc) is 3.58. The molecule has 1 heterocycles. The second-order valence-electron chi connectivity index (χ2n) is 12.9. The predicted octanol–water partition coefficient (Wildman–Crippen LogP) is 13.8. The summed E-state index contributed by atoms with van der Waals surface area (Å²) in [6.07, 6.45) is 0. The first-order valence-electron chi connectivity index (χ1n) is 17.1. The molecule has 0 atom stereocenters. The molecule has 9 aromatic carbocycles. The summed E-state index contributed by atoms with van der Waals surface area (Å²) in [5.41, 5.74) is 9.82. The Morgan fingerprint density at radius 3 is 1.86 bits per heavy atom. The van der Waals surface area contributed by atoms with Gasteiger partial charge in [0, 0.05) is 27.5 Å². The highest BCUT2D eigenvalue weighted by Crippen LogP contribution is 2.44.